The van der Waals surface area contributed by atoms with Gasteiger partial charge in [0.1, 0.15) is 11.5 Å². The van der Waals surface area contributed by atoms with Gasteiger partial charge in [0.05, 0.1) is 31.0 Å². The highest BCUT2D eigenvalue weighted by Crippen LogP contribution is 2.25. The van der Waals surface area contributed by atoms with Crippen molar-refractivity contribution in [1.29, 1.82) is 0 Å². The molecule has 3 amide bonds. The zero-order valence-electron chi connectivity index (χ0n) is 23.8. The minimum Gasteiger partial charge on any atom is -0.469 e. The summed E-state index contributed by atoms with van der Waals surface area (Å²) in [6.45, 7) is 0.396. The fraction of sp³-hybridized carbons (Fsp3) is 0.276. The van der Waals surface area contributed by atoms with E-state index in [1.807, 2.05) is 0 Å². The summed E-state index contributed by atoms with van der Waals surface area (Å²) in [5.41, 5.74) is 0.0869. The molecule has 0 radical (unpaired) electrons. The second-order valence-electron chi connectivity index (χ2n) is 9.76. The average molecular weight is 618 g/mol. The zero-order chi connectivity index (χ0) is 31.6. The van der Waals surface area contributed by atoms with Crippen molar-refractivity contribution in [3.8, 4) is 17.4 Å². The van der Waals surface area contributed by atoms with Gasteiger partial charge in [-0.15, -0.1) is 0 Å². The number of carbonyl (C=O) groups is 3. The summed E-state index contributed by atoms with van der Waals surface area (Å²) in [4.78, 5) is 48.3. The number of benzene rings is 2. The highest BCUT2D eigenvalue weighted by Gasteiger charge is 2.32. The van der Waals surface area contributed by atoms with Crippen molar-refractivity contribution in [2.45, 2.75) is 27.0 Å². The summed E-state index contributed by atoms with van der Waals surface area (Å²) in [5, 5.41) is 3.17. The minimum atomic E-state index is -2.97. The molecule has 3 rings (SSSR count). The maximum atomic E-state index is 13.1. The van der Waals surface area contributed by atoms with E-state index in [4.69, 9.17) is 21.1 Å². The van der Waals surface area contributed by atoms with Crippen molar-refractivity contribution >= 4 is 41.7 Å². The Kier molecular flexibility index (Phi) is 11.4. The number of alkyl halides is 2. The monoisotopic (exact) mass is 617 g/mol. The summed E-state index contributed by atoms with van der Waals surface area (Å²) in [6.07, 6.45) is 1.63. The molecule has 0 aliphatic heterocycles. The van der Waals surface area contributed by atoms with Gasteiger partial charge in [0.15, 0.2) is 0 Å². The fourth-order valence-corrected chi connectivity index (χ4v) is 3.87. The number of amides is 3. The number of carbonyl (C=O) groups excluding carboxylic acids is 3. The number of aliphatic imine (C=N–C) groups is 1. The molecule has 0 fully saturated rings. The number of rotatable bonds is 11. The number of hydrogen-bond donors (Lipinski definition) is 1. The lowest BCUT2D eigenvalue weighted by Crippen LogP contribution is -2.50. The fourth-order valence-electron chi connectivity index (χ4n) is 3.74. The quantitative estimate of drug-likeness (QED) is 0.128. The van der Waals surface area contributed by atoms with Gasteiger partial charge in [0.2, 0.25) is 18.2 Å². The number of urea groups is 1. The van der Waals surface area contributed by atoms with Crippen LogP contribution in [0.25, 0.3) is 0 Å². The lowest BCUT2D eigenvalue weighted by atomic mass is 9.93. The molecule has 0 saturated carbocycles. The highest BCUT2D eigenvalue weighted by molar-refractivity contribution is 6.30. The number of methoxy groups -OCH3 is 1. The van der Waals surface area contributed by atoms with Gasteiger partial charge in [0.25, 0.3) is 0 Å². The Morgan fingerprint density at radius 1 is 1.07 bits per heavy atom. The third-order valence-electron chi connectivity index (χ3n) is 5.83. The summed E-state index contributed by atoms with van der Waals surface area (Å²) in [6, 6.07) is 15.1. The van der Waals surface area contributed by atoms with E-state index in [-0.39, 0.29) is 30.7 Å². The normalized spacial score (nSPS) is 11.5. The van der Waals surface area contributed by atoms with E-state index in [1.165, 1.54) is 36.1 Å². The molecule has 0 aliphatic rings. The van der Waals surface area contributed by atoms with Gasteiger partial charge in [-0.05, 0) is 61.9 Å². The molecule has 11 nitrogen and oxygen atoms in total. The Morgan fingerprint density at radius 2 is 1.72 bits per heavy atom. The van der Waals surface area contributed by atoms with Crippen LogP contribution in [-0.2, 0) is 20.9 Å². The van der Waals surface area contributed by atoms with Gasteiger partial charge in [-0.3, -0.25) is 19.8 Å². The molecule has 228 valence electrons. The number of nitrogens with zero attached hydrogens (tertiary/aromatic N) is 4. The maximum absolute atomic E-state index is 13.1. The van der Waals surface area contributed by atoms with Crippen LogP contribution in [0.4, 0.5) is 19.3 Å². The average Bonchev–Trinajstić information content (AvgIpc) is 2.97. The Morgan fingerprint density at radius 3 is 2.28 bits per heavy atom. The van der Waals surface area contributed by atoms with Crippen LogP contribution in [-0.4, -0.2) is 66.5 Å². The summed E-state index contributed by atoms with van der Waals surface area (Å²) in [7, 11) is 2.76. The van der Waals surface area contributed by atoms with Crippen molar-refractivity contribution in [3.63, 3.8) is 0 Å². The van der Waals surface area contributed by atoms with E-state index < -0.39 is 24.0 Å². The number of guanidine groups is 1. The number of pyridine rings is 1. The van der Waals surface area contributed by atoms with Crippen LogP contribution in [0.15, 0.2) is 71.9 Å². The first-order valence-corrected chi connectivity index (χ1v) is 13.1. The summed E-state index contributed by atoms with van der Waals surface area (Å²) in [5.74, 6) is -0.188. The predicted molar refractivity (Wildman–Crippen MR) is 154 cm³/mol. The van der Waals surface area contributed by atoms with Gasteiger partial charge < -0.3 is 19.1 Å². The molecule has 0 aliphatic carbocycles. The first kappa shape index (κ1) is 32.7. The number of hydrogen-bond acceptors (Lipinski definition) is 8. The molecule has 14 heteroatoms. The largest absolute Gasteiger partial charge is 0.469 e. The molecular formula is C29H30ClF2N5O6. The Labute approximate surface area is 252 Å². The van der Waals surface area contributed by atoms with Gasteiger partial charge in [-0.1, -0.05) is 23.7 Å². The van der Waals surface area contributed by atoms with Crippen LogP contribution in [0.2, 0.25) is 5.02 Å². The van der Waals surface area contributed by atoms with E-state index in [9.17, 15) is 23.2 Å². The molecule has 0 atom stereocenters. The summed E-state index contributed by atoms with van der Waals surface area (Å²) < 4.78 is 39.4. The molecule has 43 heavy (non-hydrogen) atoms. The number of halogens is 3. The third-order valence-corrected chi connectivity index (χ3v) is 6.08. The second kappa shape index (κ2) is 14.9. The minimum absolute atomic E-state index is 0.0202. The molecule has 0 bridgehead atoms. The number of ether oxygens (including phenoxy) is 3. The lowest BCUT2D eigenvalue weighted by molar-refractivity contribution is -0.151. The van der Waals surface area contributed by atoms with E-state index in [0.29, 0.717) is 22.9 Å². The standard InChI is InChI=1S/C29H30ClF2N5O6/c1-29(2,25(39)41-4)17-36(3)28(40)35-27(37(18-38)16-19-5-7-20(30)8-6-19)34-21-9-11-22(12-10-21)42-24-14-13-23(15-33-24)43-26(31)32/h5-15,18,26H,16-17H2,1-4H3,(H,34,35,40). The third kappa shape index (κ3) is 9.92. The van der Waals surface area contributed by atoms with Crippen LogP contribution in [0.5, 0.6) is 17.4 Å². The van der Waals surface area contributed by atoms with Crippen molar-refractivity contribution < 1.29 is 37.4 Å². The zero-order valence-corrected chi connectivity index (χ0v) is 24.5. The van der Waals surface area contributed by atoms with Gasteiger partial charge >= 0.3 is 18.6 Å². The molecule has 0 unspecified atom stereocenters. The van der Waals surface area contributed by atoms with Crippen molar-refractivity contribution in [1.82, 2.24) is 20.1 Å². The SMILES string of the molecule is COC(=O)C(C)(C)CN(C)C(=O)NC(=Nc1ccc(Oc2ccc(OC(F)F)cn2)cc1)N(C=O)Cc1ccc(Cl)cc1. The number of nitrogens with one attached hydrogen (secondary N) is 1. The Balaban J connectivity index is 1.83. The van der Waals surface area contributed by atoms with Crippen LogP contribution in [0.3, 0.4) is 0 Å². The molecule has 1 N–H and O–H groups in total. The molecule has 0 saturated heterocycles. The topological polar surface area (TPSA) is 123 Å². The smallest absolute Gasteiger partial charge is 0.387 e. The number of esters is 1. The number of aromatic nitrogens is 1. The van der Waals surface area contributed by atoms with Crippen LogP contribution < -0.4 is 14.8 Å². The van der Waals surface area contributed by atoms with E-state index >= 15 is 0 Å². The van der Waals surface area contributed by atoms with E-state index in [0.717, 1.165) is 11.8 Å². The molecule has 3 aromatic rings. The predicted octanol–water partition coefficient (Wildman–Crippen LogP) is 5.62. The van der Waals surface area contributed by atoms with Crippen molar-refractivity contribution in [2.24, 2.45) is 10.4 Å². The van der Waals surface area contributed by atoms with Crippen molar-refractivity contribution in [2.75, 3.05) is 20.7 Å². The maximum Gasteiger partial charge on any atom is 0.387 e. The molecule has 2 aromatic carbocycles. The van der Waals surface area contributed by atoms with E-state index in [2.05, 4.69) is 20.0 Å². The Hall–Kier alpha value is -4.78. The highest BCUT2D eigenvalue weighted by atomic mass is 35.5. The first-order valence-electron chi connectivity index (χ1n) is 12.7. The van der Waals surface area contributed by atoms with Gasteiger partial charge in [-0.2, -0.15) is 8.78 Å². The van der Waals surface area contributed by atoms with Crippen LogP contribution in [0.1, 0.15) is 19.4 Å². The van der Waals surface area contributed by atoms with E-state index in [1.54, 1.807) is 62.4 Å². The molecule has 0 spiro atoms. The molecule has 1 aromatic heterocycles. The Bertz CT molecular complexity index is 1420. The van der Waals surface area contributed by atoms with Gasteiger partial charge in [0, 0.05) is 24.7 Å². The summed E-state index contributed by atoms with van der Waals surface area (Å²) >= 11 is 5.98. The van der Waals surface area contributed by atoms with Crippen molar-refractivity contribution in [3.05, 3.63) is 77.4 Å². The lowest BCUT2D eigenvalue weighted by Gasteiger charge is -2.29. The molecule has 1 heterocycles. The second-order valence-corrected chi connectivity index (χ2v) is 10.2. The van der Waals surface area contributed by atoms with Crippen LogP contribution >= 0.6 is 11.6 Å². The van der Waals surface area contributed by atoms with Crippen LogP contribution in [0, 0.1) is 5.41 Å². The molecular weight excluding hydrogens is 588 g/mol. The first-order chi connectivity index (χ1) is 20.4. The van der Waals surface area contributed by atoms with Gasteiger partial charge in [-0.25, -0.2) is 14.8 Å².